The normalized spacial score (nSPS) is 12.6. The fourth-order valence-electron chi connectivity index (χ4n) is 3.98. The number of benzene rings is 2. The molecule has 4 rings (SSSR count). The van der Waals surface area contributed by atoms with Gasteiger partial charge >= 0.3 is 5.69 Å². The van der Waals surface area contributed by atoms with Crippen molar-refractivity contribution in [1.29, 1.82) is 0 Å². The summed E-state index contributed by atoms with van der Waals surface area (Å²) in [7, 11) is 1.51. The first-order valence-corrected chi connectivity index (χ1v) is 9.98. The van der Waals surface area contributed by atoms with E-state index >= 15 is 0 Å². The van der Waals surface area contributed by atoms with E-state index in [1.807, 2.05) is 36.4 Å². The molecule has 2 aromatic carbocycles. The Balaban J connectivity index is 1.62. The van der Waals surface area contributed by atoms with E-state index in [0.717, 1.165) is 30.4 Å². The third kappa shape index (κ3) is 3.78. The Morgan fingerprint density at radius 3 is 2.57 bits per heavy atom. The number of nitrogens with one attached hydrogen (secondary N) is 1. The summed E-state index contributed by atoms with van der Waals surface area (Å²) >= 11 is 0. The van der Waals surface area contributed by atoms with Gasteiger partial charge in [-0.3, -0.25) is 19.1 Å². The number of anilines is 2. The van der Waals surface area contributed by atoms with Gasteiger partial charge in [0.25, 0.3) is 5.56 Å². The average Bonchev–Trinajstić information content (AvgIpc) is 3.19. The number of rotatable bonds is 5. The van der Waals surface area contributed by atoms with E-state index in [9.17, 15) is 14.4 Å². The highest BCUT2D eigenvalue weighted by Crippen LogP contribution is 2.24. The van der Waals surface area contributed by atoms with Crippen LogP contribution in [0.5, 0.6) is 0 Å². The Labute approximate surface area is 173 Å². The maximum Gasteiger partial charge on any atom is 0.330 e. The van der Waals surface area contributed by atoms with Gasteiger partial charge in [0.1, 0.15) is 5.82 Å². The summed E-state index contributed by atoms with van der Waals surface area (Å²) in [6, 6.07) is 15.4. The van der Waals surface area contributed by atoms with Crippen molar-refractivity contribution < 1.29 is 4.79 Å². The maximum absolute atomic E-state index is 12.9. The number of aryl methyl sites for hydroxylation is 2. The molecule has 30 heavy (non-hydrogen) atoms. The minimum atomic E-state index is -0.674. The van der Waals surface area contributed by atoms with Crippen LogP contribution < -0.4 is 21.9 Å². The molecule has 0 atom stereocenters. The molecule has 1 aromatic heterocycles. The van der Waals surface area contributed by atoms with Gasteiger partial charge in [0.05, 0.1) is 13.0 Å². The molecule has 0 bridgehead atoms. The number of amides is 1. The molecule has 1 heterocycles. The van der Waals surface area contributed by atoms with Crippen molar-refractivity contribution in [1.82, 2.24) is 9.55 Å². The highest BCUT2D eigenvalue weighted by atomic mass is 16.2. The number of carbonyl (C=O) groups is 1. The van der Waals surface area contributed by atoms with Crippen molar-refractivity contribution in [2.24, 2.45) is 0 Å². The van der Waals surface area contributed by atoms with Crippen LogP contribution in [0.15, 0.2) is 58.1 Å². The van der Waals surface area contributed by atoms with Gasteiger partial charge in [0, 0.05) is 7.05 Å². The first-order chi connectivity index (χ1) is 14.4. The molecule has 3 aromatic rings. The summed E-state index contributed by atoms with van der Waals surface area (Å²) in [5.74, 6) is -0.299. The molecule has 1 aliphatic rings. The third-order valence-corrected chi connectivity index (χ3v) is 5.63. The van der Waals surface area contributed by atoms with Gasteiger partial charge in [-0.05, 0) is 41.5 Å². The van der Waals surface area contributed by atoms with E-state index in [4.69, 9.17) is 5.73 Å². The molecule has 154 valence electrons. The largest absolute Gasteiger partial charge is 0.383 e. The zero-order chi connectivity index (χ0) is 21.3. The molecule has 0 fully saturated rings. The molecule has 7 heteroatoms. The highest BCUT2D eigenvalue weighted by Gasteiger charge is 2.22. The number of hydrogen-bond donors (Lipinski definition) is 2. The number of aromatic amines is 1. The van der Waals surface area contributed by atoms with Gasteiger partial charge in [-0.2, -0.15) is 0 Å². The maximum atomic E-state index is 12.9. The molecule has 0 radical (unpaired) electrons. The molecule has 7 nitrogen and oxygen atoms in total. The van der Waals surface area contributed by atoms with E-state index in [-0.39, 0.29) is 30.4 Å². The summed E-state index contributed by atoms with van der Waals surface area (Å²) in [4.78, 5) is 41.2. The zero-order valence-electron chi connectivity index (χ0n) is 16.9. The first-order valence-electron chi connectivity index (χ1n) is 9.98. The van der Waals surface area contributed by atoms with Crippen LogP contribution in [0.3, 0.4) is 0 Å². The number of likely N-dealkylation sites (N-methyl/N-ethyl adjacent to an activating group) is 1. The second-order valence-electron chi connectivity index (χ2n) is 7.65. The second-order valence-corrected chi connectivity index (χ2v) is 7.65. The molecule has 0 aliphatic heterocycles. The van der Waals surface area contributed by atoms with Gasteiger partial charge in [0.15, 0.2) is 5.69 Å². The highest BCUT2D eigenvalue weighted by molar-refractivity contribution is 5.96. The number of nitrogens with zero attached hydrogens (tertiary/aromatic N) is 2. The molecular weight excluding hydrogens is 380 g/mol. The number of nitrogens with two attached hydrogens (primary N) is 1. The van der Waals surface area contributed by atoms with Crippen LogP contribution in [0, 0.1) is 0 Å². The first kappa shape index (κ1) is 19.7. The minimum Gasteiger partial charge on any atom is -0.383 e. The quantitative estimate of drug-likeness (QED) is 0.678. The van der Waals surface area contributed by atoms with Crippen molar-refractivity contribution in [3.63, 3.8) is 0 Å². The predicted octanol–water partition coefficient (Wildman–Crippen LogP) is 1.86. The Morgan fingerprint density at radius 1 is 1.07 bits per heavy atom. The molecule has 0 saturated heterocycles. The van der Waals surface area contributed by atoms with Gasteiger partial charge in [0.2, 0.25) is 5.91 Å². The van der Waals surface area contributed by atoms with Gasteiger partial charge < -0.3 is 10.6 Å². The van der Waals surface area contributed by atoms with Crippen molar-refractivity contribution >= 4 is 17.4 Å². The van der Waals surface area contributed by atoms with Crippen molar-refractivity contribution in [3.05, 3.63) is 91.6 Å². The van der Waals surface area contributed by atoms with E-state index in [2.05, 4.69) is 17.1 Å². The molecular formula is C23H24N4O3. The fraction of sp³-hybridized carbons (Fsp3) is 0.261. The Bertz CT molecular complexity index is 1210. The molecule has 3 N–H and O–H groups in total. The Kier molecular flexibility index (Phi) is 5.27. The number of H-pyrrole nitrogens is 1. The van der Waals surface area contributed by atoms with Crippen LogP contribution >= 0.6 is 0 Å². The lowest BCUT2D eigenvalue weighted by Crippen LogP contribution is -2.40. The van der Waals surface area contributed by atoms with Crippen LogP contribution in [0.25, 0.3) is 0 Å². The molecule has 1 amide bonds. The summed E-state index contributed by atoms with van der Waals surface area (Å²) in [5.41, 5.74) is 9.28. The number of fused-ring (bicyclic) bond motifs is 1. The lowest BCUT2D eigenvalue weighted by Gasteiger charge is -2.20. The number of carbonyl (C=O) groups excluding carboxylic acids is 1. The molecule has 0 unspecified atom stereocenters. The molecule has 1 aliphatic carbocycles. The SMILES string of the molecule is CN(C(=O)Cc1ccc2c(c1)CCC2)c1c(N)n(Cc2ccccc2)c(=O)[nH]c1=O. The number of hydrogen-bond acceptors (Lipinski definition) is 4. The van der Waals surface area contributed by atoms with Crippen molar-refractivity contribution in [3.8, 4) is 0 Å². The second kappa shape index (κ2) is 8.02. The van der Waals surface area contributed by atoms with Crippen LogP contribution in [0.2, 0.25) is 0 Å². The van der Waals surface area contributed by atoms with E-state index < -0.39 is 11.2 Å². The average molecular weight is 404 g/mol. The minimum absolute atomic E-state index is 0.0170. The molecule has 0 spiro atoms. The van der Waals surface area contributed by atoms with Crippen molar-refractivity contribution in [2.75, 3.05) is 17.7 Å². The van der Waals surface area contributed by atoms with Crippen LogP contribution in [-0.2, 0) is 30.6 Å². The predicted molar refractivity (Wildman–Crippen MR) is 117 cm³/mol. The Hall–Kier alpha value is -3.61. The fourth-order valence-corrected chi connectivity index (χ4v) is 3.98. The summed E-state index contributed by atoms with van der Waals surface area (Å²) in [6.45, 7) is 0.197. The monoisotopic (exact) mass is 404 g/mol. The summed E-state index contributed by atoms with van der Waals surface area (Å²) in [5, 5.41) is 0. The summed E-state index contributed by atoms with van der Waals surface area (Å²) in [6.07, 6.45) is 3.41. The zero-order valence-corrected chi connectivity index (χ0v) is 16.9. The standard InChI is InChI=1S/C23H24N4O3/c1-26(19(28)13-16-10-11-17-8-5-9-18(17)12-16)20-21(24)27(23(30)25-22(20)29)14-15-6-3-2-4-7-15/h2-4,6-7,10-12H,5,8-9,13-14,24H2,1H3,(H,25,29,30). The van der Waals surface area contributed by atoms with Crippen LogP contribution in [0.4, 0.5) is 11.5 Å². The number of nitrogen functional groups attached to an aromatic ring is 1. The van der Waals surface area contributed by atoms with Gasteiger partial charge in [-0.1, -0.05) is 48.5 Å². The smallest absolute Gasteiger partial charge is 0.330 e. The summed E-state index contributed by atoms with van der Waals surface area (Å²) < 4.78 is 1.27. The van der Waals surface area contributed by atoms with Crippen LogP contribution in [0.1, 0.15) is 28.7 Å². The van der Waals surface area contributed by atoms with E-state index in [1.54, 1.807) is 0 Å². The topological polar surface area (TPSA) is 101 Å². The van der Waals surface area contributed by atoms with Crippen molar-refractivity contribution in [2.45, 2.75) is 32.2 Å². The lowest BCUT2D eigenvalue weighted by atomic mass is 10.0. The number of aromatic nitrogens is 2. The van der Waals surface area contributed by atoms with Gasteiger partial charge in [-0.25, -0.2) is 4.79 Å². The lowest BCUT2D eigenvalue weighted by molar-refractivity contribution is -0.117. The third-order valence-electron chi connectivity index (χ3n) is 5.63. The molecule has 0 saturated carbocycles. The van der Waals surface area contributed by atoms with Gasteiger partial charge in [-0.15, -0.1) is 0 Å². The Morgan fingerprint density at radius 2 is 1.80 bits per heavy atom. The van der Waals surface area contributed by atoms with Crippen LogP contribution in [-0.4, -0.2) is 22.5 Å². The van der Waals surface area contributed by atoms with E-state index in [1.165, 1.54) is 27.6 Å². The van der Waals surface area contributed by atoms with E-state index in [0.29, 0.717) is 0 Å².